The highest BCUT2D eigenvalue weighted by atomic mass is 16.6. The van der Waals surface area contributed by atoms with E-state index in [4.69, 9.17) is 4.74 Å². The molecule has 3 nitrogen and oxygen atoms in total. The third-order valence-corrected chi connectivity index (χ3v) is 1.21. The Morgan fingerprint density at radius 3 is 2.33 bits per heavy atom. The summed E-state index contributed by atoms with van der Waals surface area (Å²) in [6.45, 7) is 9.02. The number of hydrogen-bond donors (Lipinski definition) is 1. The van der Waals surface area contributed by atoms with Crippen LogP contribution in [0.4, 0.5) is 0 Å². The van der Waals surface area contributed by atoms with Crippen molar-refractivity contribution in [1.82, 2.24) is 5.32 Å². The molecule has 3 heteroatoms. The van der Waals surface area contributed by atoms with Crippen molar-refractivity contribution in [2.45, 2.75) is 32.4 Å². The van der Waals surface area contributed by atoms with Gasteiger partial charge in [0.25, 0.3) is 0 Å². The molecule has 1 atom stereocenters. The van der Waals surface area contributed by atoms with Crippen LogP contribution in [-0.2, 0) is 9.53 Å². The Labute approximate surface area is 73.8 Å². The Morgan fingerprint density at radius 2 is 2.08 bits per heavy atom. The van der Waals surface area contributed by atoms with Gasteiger partial charge in [-0.2, -0.15) is 0 Å². The van der Waals surface area contributed by atoms with E-state index in [0.717, 1.165) is 0 Å². The minimum absolute atomic E-state index is 0.292. The number of hydrogen-bond acceptors (Lipinski definition) is 3. The smallest absolute Gasteiger partial charge is 0.327 e. The van der Waals surface area contributed by atoms with E-state index in [1.54, 1.807) is 7.05 Å². The second kappa shape index (κ2) is 4.26. The van der Waals surface area contributed by atoms with Crippen LogP contribution in [0.1, 0.15) is 20.8 Å². The van der Waals surface area contributed by atoms with Crippen LogP contribution in [0.25, 0.3) is 0 Å². The Morgan fingerprint density at radius 1 is 1.58 bits per heavy atom. The molecule has 0 aromatic heterocycles. The highest BCUT2D eigenvalue weighted by Crippen LogP contribution is 2.08. The lowest BCUT2D eigenvalue weighted by Gasteiger charge is -2.22. The number of ether oxygens (including phenoxy) is 1. The molecule has 0 bridgehead atoms. The van der Waals surface area contributed by atoms with Gasteiger partial charge in [-0.3, -0.25) is 0 Å². The minimum Gasteiger partial charge on any atom is -0.459 e. The molecule has 0 unspecified atom stereocenters. The number of esters is 1. The topological polar surface area (TPSA) is 38.3 Å². The fourth-order valence-corrected chi connectivity index (χ4v) is 0.697. The van der Waals surface area contributed by atoms with Gasteiger partial charge < -0.3 is 10.1 Å². The molecule has 0 fully saturated rings. The maximum atomic E-state index is 11.3. The van der Waals surface area contributed by atoms with Crippen LogP contribution < -0.4 is 5.32 Å². The van der Waals surface area contributed by atoms with Gasteiger partial charge in [0.2, 0.25) is 0 Å². The summed E-state index contributed by atoms with van der Waals surface area (Å²) in [6.07, 6.45) is 1.52. The van der Waals surface area contributed by atoms with E-state index >= 15 is 0 Å². The van der Waals surface area contributed by atoms with Crippen LogP contribution in [0.5, 0.6) is 0 Å². The van der Waals surface area contributed by atoms with Crippen molar-refractivity contribution in [2.75, 3.05) is 7.05 Å². The zero-order valence-corrected chi connectivity index (χ0v) is 8.18. The molecule has 1 N–H and O–H groups in total. The van der Waals surface area contributed by atoms with Crippen LogP contribution in [-0.4, -0.2) is 24.7 Å². The summed E-state index contributed by atoms with van der Waals surface area (Å²) in [5.41, 5.74) is -0.435. The van der Waals surface area contributed by atoms with Gasteiger partial charge in [-0.1, -0.05) is 6.08 Å². The van der Waals surface area contributed by atoms with Crippen molar-refractivity contribution in [2.24, 2.45) is 0 Å². The molecule has 0 aliphatic carbocycles. The summed E-state index contributed by atoms with van der Waals surface area (Å²) in [6, 6.07) is -0.413. The molecule has 70 valence electrons. The summed E-state index contributed by atoms with van der Waals surface area (Å²) in [5.74, 6) is -0.292. The molecule has 0 spiro atoms. The van der Waals surface area contributed by atoms with Crippen LogP contribution >= 0.6 is 0 Å². The van der Waals surface area contributed by atoms with E-state index in [1.165, 1.54) is 6.08 Å². The second-order valence-electron chi connectivity index (χ2n) is 3.54. The fraction of sp³-hybridized carbons (Fsp3) is 0.667. The summed E-state index contributed by atoms with van der Waals surface area (Å²) in [5, 5.41) is 2.78. The molecular formula is C9H17NO2. The number of likely N-dealkylation sites (N-methyl/N-ethyl adjacent to an activating group) is 1. The zero-order chi connectivity index (χ0) is 9.78. The number of nitrogens with one attached hydrogen (secondary N) is 1. The molecule has 0 saturated carbocycles. The Balaban J connectivity index is 4.11. The fourth-order valence-electron chi connectivity index (χ4n) is 0.697. The first kappa shape index (κ1) is 11.2. The van der Waals surface area contributed by atoms with Crippen molar-refractivity contribution in [3.8, 4) is 0 Å². The van der Waals surface area contributed by atoms with Gasteiger partial charge in [-0.05, 0) is 27.8 Å². The van der Waals surface area contributed by atoms with Gasteiger partial charge in [0.1, 0.15) is 11.6 Å². The summed E-state index contributed by atoms with van der Waals surface area (Å²) in [4.78, 5) is 11.3. The van der Waals surface area contributed by atoms with E-state index in [0.29, 0.717) is 0 Å². The predicted octanol–water partition coefficient (Wildman–Crippen LogP) is 1.10. The van der Waals surface area contributed by atoms with Gasteiger partial charge in [0, 0.05) is 0 Å². The molecule has 0 aliphatic rings. The largest absolute Gasteiger partial charge is 0.459 e. The molecule has 0 radical (unpaired) electrons. The zero-order valence-electron chi connectivity index (χ0n) is 8.18. The molecule has 0 rings (SSSR count). The summed E-state index contributed by atoms with van der Waals surface area (Å²) in [7, 11) is 1.69. The second-order valence-corrected chi connectivity index (χ2v) is 3.54. The SMILES string of the molecule is C=C[C@@H](NC)C(=O)OC(C)(C)C. The molecule has 0 aromatic rings. The van der Waals surface area contributed by atoms with E-state index in [-0.39, 0.29) is 5.97 Å². The van der Waals surface area contributed by atoms with Crippen molar-refractivity contribution in [1.29, 1.82) is 0 Å². The van der Waals surface area contributed by atoms with E-state index in [9.17, 15) is 4.79 Å². The minimum atomic E-state index is -0.435. The van der Waals surface area contributed by atoms with Gasteiger partial charge in [0.15, 0.2) is 0 Å². The first-order valence-electron chi connectivity index (χ1n) is 3.93. The maximum absolute atomic E-state index is 11.3. The molecule has 0 aliphatic heterocycles. The van der Waals surface area contributed by atoms with E-state index in [2.05, 4.69) is 11.9 Å². The van der Waals surface area contributed by atoms with Crippen LogP contribution in [0.15, 0.2) is 12.7 Å². The van der Waals surface area contributed by atoms with Gasteiger partial charge >= 0.3 is 5.97 Å². The predicted molar refractivity (Wildman–Crippen MR) is 48.9 cm³/mol. The van der Waals surface area contributed by atoms with Crippen molar-refractivity contribution in [3.63, 3.8) is 0 Å². The molecule has 12 heavy (non-hydrogen) atoms. The average Bonchev–Trinajstić information content (AvgIpc) is 1.85. The molecule has 0 saturated heterocycles. The Kier molecular flexibility index (Phi) is 3.96. The molecule has 0 heterocycles. The normalized spacial score (nSPS) is 13.7. The van der Waals surface area contributed by atoms with Crippen LogP contribution in [0, 0.1) is 0 Å². The number of carbonyl (C=O) groups excluding carboxylic acids is 1. The standard InChI is InChI=1S/C9H17NO2/c1-6-7(10-5)8(11)12-9(2,3)4/h6-7,10H,1H2,2-5H3/t7-/m1/s1. The first-order chi connectivity index (χ1) is 5.40. The van der Waals surface area contributed by atoms with Crippen molar-refractivity contribution >= 4 is 5.97 Å². The lowest BCUT2D eigenvalue weighted by Crippen LogP contribution is -2.37. The maximum Gasteiger partial charge on any atom is 0.327 e. The third kappa shape index (κ3) is 4.13. The van der Waals surface area contributed by atoms with E-state index < -0.39 is 11.6 Å². The lowest BCUT2D eigenvalue weighted by atomic mass is 10.2. The van der Waals surface area contributed by atoms with Gasteiger partial charge in [0.05, 0.1) is 0 Å². The van der Waals surface area contributed by atoms with Crippen LogP contribution in [0.2, 0.25) is 0 Å². The number of carbonyl (C=O) groups is 1. The average molecular weight is 171 g/mol. The summed E-state index contributed by atoms with van der Waals surface area (Å²) < 4.78 is 5.11. The quantitative estimate of drug-likeness (QED) is 0.510. The van der Waals surface area contributed by atoms with Crippen LogP contribution in [0.3, 0.4) is 0 Å². The molecular weight excluding hydrogens is 154 g/mol. The van der Waals surface area contributed by atoms with Gasteiger partial charge in [-0.15, -0.1) is 6.58 Å². The Bertz CT molecular complexity index is 170. The Hall–Kier alpha value is -0.830. The number of rotatable bonds is 3. The highest BCUT2D eigenvalue weighted by Gasteiger charge is 2.21. The summed E-state index contributed by atoms with van der Waals surface area (Å²) >= 11 is 0. The monoisotopic (exact) mass is 171 g/mol. The van der Waals surface area contributed by atoms with Gasteiger partial charge in [-0.25, -0.2) is 4.79 Å². The molecule has 0 amide bonds. The molecule has 0 aromatic carbocycles. The third-order valence-electron chi connectivity index (χ3n) is 1.21. The first-order valence-corrected chi connectivity index (χ1v) is 3.93. The van der Waals surface area contributed by atoms with Crippen molar-refractivity contribution < 1.29 is 9.53 Å². The highest BCUT2D eigenvalue weighted by molar-refractivity contribution is 5.78. The van der Waals surface area contributed by atoms with Crippen molar-refractivity contribution in [3.05, 3.63) is 12.7 Å². The lowest BCUT2D eigenvalue weighted by molar-refractivity contribution is -0.155. The van der Waals surface area contributed by atoms with E-state index in [1.807, 2.05) is 20.8 Å².